The molecule has 2 aliphatic heterocycles. The van der Waals surface area contributed by atoms with E-state index in [-0.39, 0.29) is 12.2 Å². The van der Waals surface area contributed by atoms with Gasteiger partial charge in [-0.2, -0.15) is 0 Å². The number of aliphatic imine (C=N–C) groups is 1. The largest absolute Gasteiger partial charge is 0.359 e. The Morgan fingerprint density at radius 1 is 0.491 bits per heavy atom. The summed E-state index contributed by atoms with van der Waals surface area (Å²) >= 11 is 0. The van der Waals surface area contributed by atoms with E-state index in [1.54, 1.807) is 0 Å². The van der Waals surface area contributed by atoms with Crippen molar-refractivity contribution in [3.63, 3.8) is 0 Å². The molecule has 4 nitrogen and oxygen atoms in total. The summed E-state index contributed by atoms with van der Waals surface area (Å²) in [6, 6.07) is 66.9. The Morgan fingerprint density at radius 3 is 1.83 bits per heavy atom. The molecule has 2 atom stereocenters. The average Bonchev–Trinajstić information content (AvgIpc) is 3.64. The van der Waals surface area contributed by atoms with Crippen LogP contribution >= 0.6 is 0 Å². The maximum absolute atomic E-state index is 5.32. The molecule has 0 spiro atoms. The van der Waals surface area contributed by atoms with E-state index in [0.29, 0.717) is 0 Å². The van der Waals surface area contributed by atoms with Gasteiger partial charge in [0.25, 0.3) is 0 Å². The predicted octanol–water partition coefficient (Wildman–Crippen LogP) is 12.1. The van der Waals surface area contributed by atoms with Crippen molar-refractivity contribution in [1.82, 2.24) is 5.32 Å². The first-order chi connectivity index (χ1) is 26.3. The lowest BCUT2D eigenvalue weighted by Crippen LogP contribution is -2.27. The van der Waals surface area contributed by atoms with Crippen molar-refractivity contribution in [2.24, 2.45) is 4.99 Å². The highest BCUT2D eigenvalue weighted by molar-refractivity contribution is 6.19. The number of anilines is 3. The van der Waals surface area contributed by atoms with Crippen molar-refractivity contribution in [1.29, 1.82) is 0 Å². The Bertz CT molecular complexity index is 2650. The van der Waals surface area contributed by atoms with Crippen LogP contribution in [0.2, 0.25) is 0 Å². The number of rotatable bonds is 6. The van der Waals surface area contributed by atoms with Crippen LogP contribution in [-0.2, 0) is 0 Å². The fraction of sp³-hybridized carbons (Fsp3) is 0.0408. The highest BCUT2D eigenvalue weighted by atomic mass is 15.3. The number of amidine groups is 1. The van der Waals surface area contributed by atoms with Gasteiger partial charge in [-0.25, -0.2) is 0 Å². The number of para-hydroxylation sites is 1. The summed E-state index contributed by atoms with van der Waals surface area (Å²) in [4.78, 5) is 7.74. The predicted molar refractivity (Wildman–Crippen MR) is 222 cm³/mol. The SMILES string of the molecule is C1=C(c2ccccc2)NC(c2ccc3c(ccc4ccc5c(c43)NC(c3ccccc3)N5c3ccccc3)c2)=NC1c1ccc(-c2ccccc2)cc1. The molecule has 0 saturated heterocycles. The lowest BCUT2D eigenvalue weighted by molar-refractivity contribution is 0.828. The standard InChI is InChI=1S/C49H36N4/c1-5-13-33(14-6-1)34-21-23-36(24-22-34)44-32-43(35-15-7-2-8-16-35)50-48(51-44)40-27-29-42-39(31-40)26-25-37-28-30-45-47(46(37)42)52-49(38-17-9-3-10-18-38)53(45)41-19-11-4-12-20-41/h1-32,44,49,52H,(H,50,51). The van der Waals surface area contributed by atoms with Gasteiger partial charge in [0.2, 0.25) is 0 Å². The van der Waals surface area contributed by atoms with Crippen molar-refractivity contribution in [3.05, 3.63) is 216 Å². The smallest absolute Gasteiger partial charge is 0.133 e. The lowest BCUT2D eigenvalue weighted by Gasteiger charge is -2.27. The minimum absolute atomic E-state index is 0.0311. The molecular formula is C49H36N4. The molecule has 0 radical (unpaired) electrons. The highest BCUT2D eigenvalue weighted by Gasteiger charge is 2.33. The molecule has 4 heteroatoms. The number of hydrogen-bond acceptors (Lipinski definition) is 4. The van der Waals surface area contributed by atoms with Crippen molar-refractivity contribution in [2.45, 2.75) is 12.2 Å². The van der Waals surface area contributed by atoms with E-state index in [2.05, 4.69) is 210 Å². The average molecular weight is 681 g/mol. The summed E-state index contributed by atoms with van der Waals surface area (Å²) in [6.07, 6.45) is 2.21. The molecule has 0 fully saturated rings. The number of fused-ring (bicyclic) bond motifs is 5. The Labute approximate surface area is 309 Å². The molecule has 2 heterocycles. The van der Waals surface area contributed by atoms with Crippen LogP contribution < -0.4 is 15.5 Å². The van der Waals surface area contributed by atoms with Crippen LogP contribution in [0.15, 0.2) is 199 Å². The van der Waals surface area contributed by atoms with Gasteiger partial charge >= 0.3 is 0 Å². The number of hydrogen-bond donors (Lipinski definition) is 2. The van der Waals surface area contributed by atoms with Gasteiger partial charge in [0.1, 0.15) is 12.0 Å². The summed E-state index contributed by atoms with van der Waals surface area (Å²) < 4.78 is 0. The third-order valence-corrected chi connectivity index (χ3v) is 10.5. The second-order valence-corrected chi connectivity index (χ2v) is 13.7. The van der Waals surface area contributed by atoms with E-state index >= 15 is 0 Å². The number of benzene rings is 8. The van der Waals surface area contributed by atoms with Crippen LogP contribution in [0, 0.1) is 0 Å². The second-order valence-electron chi connectivity index (χ2n) is 13.7. The van der Waals surface area contributed by atoms with E-state index < -0.39 is 0 Å². The van der Waals surface area contributed by atoms with E-state index in [0.717, 1.165) is 39.6 Å². The lowest BCUT2D eigenvalue weighted by atomic mass is 9.96. The molecule has 10 rings (SSSR count). The van der Waals surface area contributed by atoms with Gasteiger partial charge in [-0.15, -0.1) is 0 Å². The topological polar surface area (TPSA) is 39.7 Å². The minimum atomic E-state index is -0.134. The zero-order chi connectivity index (χ0) is 35.1. The summed E-state index contributed by atoms with van der Waals surface area (Å²) in [5, 5.41) is 12.5. The zero-order valence-corrected chi connectivity index (χ0v) is 29.0. The van der Waals surface area contributed by atoms with E-state index in [1.807, 2.05) is 0 Å². The minimum Gasteiger partial charge on any atom is -0.359 e. The van der Waals surface area contributed by atoms with Crippen LogP contribution in [0.25, 0.3) is 38.4 Å². The van der Waals surface area contributed by atoms with Crippen molar-refractivity contribution in [3.8, 4) is 11.1 Å². The first kappa shape index (κ1) is 30.9. The normalized spacial score (nSPS) is 16.4. The molecule has 0 bridgehead atoms. The maximum atomic E-state index is 5.32. The Hall–Kier alpha value is -6.91. The van der Waals surface area contributed by atoms with E-state index in [9.17, 15) is 0 Å². The molecule has 0 aliphatic carbocycles. The molecule has 2 unspecified atom stereocenters. The Morgan fingerprint density at radius 2 is 1.09 bits per heavy atom. The van der Waals surface area contributed by atoms with Crippen LogP contribution in [0.5, 0.6) is 0 Å². The van der Waals surface area contributed by atoms with Gasteiger partial charge in [-0.05, 0) is 74.3 Å². The van der Waals surface area contributed by atoms with Crippen molar-refractivity contribution >= 4 is 50.1 Å². The van der Waals surface area contributed by atoms with Gasteiger partial charge in [-0.3, -0.25) is 4.99 Å². The first-order valence-corrected chi connectivity index (χ1v) is 18.2. The molecular weight excluding hydrogens is 645 g/mol. The van der Waals surface area contributed by atoms with Gasteiger partial charge < -0.3 is 15.5 Å². The molecule has 8 aromatic rings. The molecule has 53 heavy (non-hydrogen) atoms. The van der Waals surface area contributed by atoms with Crippen LogP contribution in [0.1, 0.15) is 34.5 Å². The van der Waals surface area contributed by atoms with Crippen LogP contribution in [0.4, 0.5) is 17.1 Å². The zero-order valence-electron chi connectivity index (χ0n) is 29.0. The summed E-state index contributed by atoms with van der Waals surface area (Å²) in [5.41, 5.74) is 11.5. The molecule has 0 aromatic heterocycles. The van der Waals surface area contributed by atoms with Gasteiger partial charge in [0, 0.05) is 22.3 Å². The fourth-order valence-electron chi connectivity index (χ4n) is 7.87. The molecule has 2 N–H and O–H groups in total. The monoisotopic (exact) mass is 680 g/mol. The Kier molecular flexibility index (Phi) is 7.58. The molecule has 0 amide bonds. The van der Waals surface area contributed by atoms with Gasteiger partial charge in [-0.1, -0.05) is 164 Å². The number of nitrogens with one attached hydrogen (secondary N) is 2. The quantitative estimate of drug-likeness (QED) is 0.172. The maximum Gasteiger partial charge on any atom is 0.133 e. The summed E-state index contributed by atoms with van der Waals surface area (Å²) in [7, 11) is 0. The molecule has 2 aliphatic rings. The molecule has 252 valence electrons. The fourth-order valence-corrected chi connectivity index (χ4v) is 7.87. The molecule has 8 aromatic carbocycles. The highest BCUT2D eigenvalue weighted by Crippen LogP contribution is 2.50. The first-order valence-electron chi connectivity index (χ1n) is 18.2. The third-order valence-electron chi connectivity index (χ3n) is 10.5. The van der Waals surface area contributed by atoms with Gasteiger partial charge in [0.05, 0.1) is 17.4 Å². The summed E-state index contributed by atoms with van der Waals surface area (Å²) in [5.74, 6) is 0.862. The van der Waals surface area contributed by atoms with Crippen molar-refractivity contribution in [2.75, 3.05) is 10.2 Å². The van der Waals surface area contributed by atoms with Crippen LogP contribution in [0.3, 0.4) is 0 Å². The second kappa shape index (κ2) is 13.0. The van der Waals surface area contributed by atoms with Gasteiger partial charge in [0.15, 0.2) is 0 Å². The van der Waals surface area contributed by atoms with Crippen molar-refractivity contribution < 1.29 is 0 Å². The summed E-state index contributed by atoms with van der Waals surface area (Å²) in [6.45, 7) is 0. The van der Waals surface area contributed by atoms with Crippen LogP contribution in [-0.4, -0.2) is 5.84 Å². The van der Waals surface area contributed by atoms with E-state index in [4.69, 9.17) is 4.99 Å². The molecule has 0 saturated carbocycles. The third kappa shape index (κ3) is 5.62. The van der Waals surface area contributed by atoms with E-state index in [1.165, 1.54) is 43.9 Å². The Balaban J connectivity index is 1.06. The number of nitrogens with zero attached hydrogens (tertiary/aromatic N) is 2.